The highest BCUT2D eigenvalue weighted by atomic mass is 19.4. The van der Waals surface area contributed by atoms with Gasteiger partial charge in [-0.1, -0.05) is 13.8 Å². The summed E-state index contributed by atoms with van der Waals surface area (Å²) in [5.41, 5.74) is 5.26. The van der Waals surface area contributed by atoms with Gasteiger partial charge >= 0.3 is 12.1 Å². The molecule has 1 saturated heterocycles. The van der Waals surface area contributed by atoms with E-state index in [1.165, 1.54) is 0 Å². The van der Waals surface area contributed by atoms with Crippen molar-refractivity contribution in [3.8, 4) is 0 Å². The van der Waals surface area contributed by atoms with Crippen LogP contribution < -0.4 is 5.73 Å². The summed E-state index contributed by atoms with van der Waals surface area (Å²) in [4.78, 5) is 37.4. The van der Waals surface area contributed by atoms with E-state index < -0.39 is 17.6 Å². The number of hydrogen-bond acceptors (Lipinski definition) is 5. The monoisotopic (exact) mass is 495 g/mol. The van der Waals surface area contributed by atoms with Crippen LogP contribution in [0.25, 0.3) is 0 Å². The Balaban J connectivity index is 0.000000718. The Hall–Kier alpha value is -1.88. The van der Waals surface area contributed by atoms with Gasteiger partial charge in [-0.05, 0) is 64.5 Å². The Kier molecular flexibility index (Phi) is 10.4. The number of carboxylic acid groups (broad SMARTS) is 1. The number of alkyl halides is 3. The second-order valence-electron chi connectivity index (χ2n) is 10.5. The maximum Gasteiger partial charge on any atom is 0.490 e. The zero-order chi connectivity index (χ0) is 26.4. The Morgan fingerprint density at radius 2 is 1.71 bits per heavy atom. The van der Waals surface area contributed by atoms with Crippen LogP contribution in [0.3, 0.4) is 0 Å². The topological polar surface area (TPSA) is 113 Å². The Bertz CT molecular complexity index is 717. The van der Waals surface area contributed by atoms with Crippen molar-refractivity contribution in [2.24, 2.45) is 16.6 Å². The van der Waals surface area contributed by atoms with E-state index in [0.717, 1.165) is 51.7 Å². The second-order valence-corrected chi connectivity index (χ2v) is 10.5. The van der Waals surface area contributed by atoms with Gasteiger partial charge in [0.2, 0.25) is 11.8 Å². The van der Waals surface area contributed by atoms with E-state index in [4.69, 9.17) is 20.4 Å². The number of halogens is 3. The predicted molar refractivity (Wildman–Crippen MR) is 121 cm³/mol. The van der Waals surface area contributed by atoms with Crippen LogP contribution in [-0.2, 0) is 19.1 Å². The molecular formula is C23H40F3N3O5. The van der Waals surface area contributed by atoms with Crippen molar-refractivity contribution in [3.05, 3.63) is 0 Å². The zero-order valence-corrected chi connectivity index (χ0v) is 21.0. The summed E-state index contributed by atoms with van der Waals surface area (Å²) in [6.07, 6.45) is 2.89. The fourth-order valence-electron chi connectivity index (χ4n) is 4.77. The molecule has 0 bridgehead atoms. The minimum atomic E-state index is -5.08. The maximum absolute atomic E-state index is 12.6. The van der Waals surface area contributed by atoms with Crippen molar-refractivity contribution in [2.45, 2.75) is 76.9 Å². The number of primary amides is 1. The molecule has 0 unspecified atom stereocenters. The van der Waals surface area contributed by atoms with E-state index >= 15 is 0 Å². The average Bonchev–Trinajstić information content (AvgIpc) is 3.03. The minimum absolute atomic E-state index is 0.120. The molecule has 1 aliphatic heterocycles. The summed E-state index contributed by atoms with van der Waals surface area (Å²) in [6, 6.07) is 0. The Labute approximate surface area is 200 Å². The first-order valence-electron chi connectivity index (χ1n) is 11.5. The first kappa shape index (κ1) is 30.2. The van der Waals surface area contributed by atoms with Crippen molar-refractivity contribution < 1.29 is 37.4 Å². The van der Waals surface area contributed by atoms with Gasteiger partial charge in [-0.2, -0.15) is 13.2 Å². The maximum atomic E-state index is 12.6. The number of carbonyl (C=O) groups is 3. The number of methoxy groups -OCH3 is 1. The summed E-state index contributed by atoms with van der Waals surface area (Å²) in [6.45, 7) is 5.99. The van der Waals surface area contributed by atoms with Crippen molar-refractivity contribution in [3.63, 3.8) is 0 Å². The van der Waals surface area contributed by atoms with Gasteiger partial charge in [0, 0.05) is 44.2 Å². The first-order valence-corrected chi connectivity index (χ1v) is 11.5. The van der Waals surface area contributed by atoms with Gasteiger partial charge in [0.1, 0.15) is 0 Å². The number of nitrogens with zero attached hydrogens (tertiary/aromatic N) is 2. The van der Waals surface area contributed by atoms with Gasteiger partial charge in [-0.25, -0.2) is 4.79 Å². The van der Waals surface area contributed by atoms with Gasteiger partial charge in [0.15, 0.2) is 0 Å². The third-order valence-electron chi connectivity index (χ3n) is 7.50. The summed E-state index contributed by atoms with van der Waals surface area (Å²) in [5.74, 6) is -2.81. The number of rotatable bonds is 9. The van der Waals surface area contributed by atoms with Crippen molar-refractivity contribution >= 4 is 17.8 Å². The van der Waals surface area contributed by atoms with Crippen molar-refractivity contribution in [2.75, 3.05) is 40.9 Å². The number of nitrogens with two attached hydrogens (primary N) is 1. The highest BCUT2D eigenvalue weighted by molar-refractivity contribution is 5.81. The van der Waals surface area contributed by atoms with E-state index in [-0.39, 0.29) is 22.8 Å². The lowest BCUT2D eigenvalue weighted by molar-refractivity contribution is -0.192. The number of hydrogen-bond donors (Lipinski definition) is 2. The van der Waals surface area contributed by atoms with Crippen LogP contribution in [0.5, 0.6) is 0 Å². The summed E-state index contributed by atoms with van der Waals surface area (Å²) < 4.78 is 37.0. The first-order chi connectivity index (χ1) is 15.5. The highest BCUT2D eigenvalue weighted by Gasteiger charge is 2.49. The van der Waals surface area contributed by atoms with Gasteiger partial charge in [0.25, 0.3) is 0 Å². The Morgan fingerprint density at radius 3 is 2.12 bits per heavy atom. The molecule has 0 radical (unpaired) electrons. The molecule has 1 spiro atoms. The predicted octanol–water partition coefficient (Wildman–Crippen LogP) is 3.04. The number of amides is 2. The average molecular weight is 496 g/mol. The molecule has 2 amide bonds. The third-order valence-corrected chi connectivity index (χ3v) is 7.50. The molecule has 0 aromatic carbocycles. The SMILES string of the molecule is COCCCC1(N(C)C)CCC2(CC1)CC(=O)N(CCC(C)(C)C(N)=O)C2.O=C(O)C(F)(F)F. The summed E-state index contributed by atoms with van der Waals surface area (Å²) in [7, 11) is 6.13. The molecule has 3 N–H and O–H groups in total. The molecule has 2 aliphatic rings. The lowest BCUT2D eigenvalue weighted by Crippen LogP contribution is -2.49. The molecule has 0 aromatic rings. The summed E-state index contributed by atoms with van der Waals surface area (Å²) in [5, 5.41) is 7.12. The lowest BCUT2D eigenvalue weighted by atomic mass is 9.65. The molecule has 34 heavy (non-hydrogen) atoms. The molecule has 1 saturated carbocycles. The number of likely N-dealkylation sites (tertiary alicyclic amines) is 1. The van der Waals surface area contributed by atoms with Gasteiger partial charge in [-0.3, -0.25) is 9.59 Å². The smallest absolute Gasteiger partial charge is 0.475 e. The van der Waals surface area contributed by atoms with E-state index in [9.17, 15) is 22.8 Å². The van der Waals surface area contributed by atoms with Gasteiger partial charge in [0.05, 0.1) is 0 Å². The van der Waals surface area contributed by atoms with Crippen LogP contribution in [0.2, 0.25) is 0 Å². The number of carbonyl (C=O) groups excluding carboxylic acids is 2. The molecule has 2 rings (SSSR count). The zero-order valence-electron chi connectivity index (χ0n) is 21.0. The number of aliphatic carboxylic acids is 1. The van der Waals surface area contributed by atoms with Crippen LogP contribution >= 0.6 is 0 Å². The van der Waals surface area contributed by atoms with Gasteiger partial charge in [-0.15, -0.1) is 0 Å². The largest absolute Gasteiger partial charge is 0.490 e. The normalized spacial score (nSPS) is 25.4. The molecule has 1 aliphatic carbocycles. The molecule has 0 atom stereocenters. The molecule has 198 valence electrons. The van der Waals surface area contributed by atoms with E-state index in [1.807, 2.05) is 18.7 Å². The van der Waals surface area contributed by atoms with Crippen LogP contribution in [0.15, 0.2) is 0 Å². The fraction of sp³-hybridized carbons (Fsp3) is 0.870. The number of ether oxygens (including phenoxy) is 1. The Morgan fingerprint density at radius 1 is 1.18 bits per heavy atom. The standard InChI is InChI=1S/C21H39N3O3.C2HF3O2/c1-19(2,18(22)26)12-13-24-16-20(15-17(24)25)8-10-21(11-9-20,23(3)4)7-6-14-27-5;3-2(4,5)1(6)7/h6-16H2,1-5H3,(H2,22,26);(H,6,7). The molecule has 1 heterocycles. The van der Waals surface area contributed by atoms with Crippen LogP contribution in [0.1, 0.15) is 65.2 Å². The highest BCUT2D eigenvalue weighted by Crippen LogP contribution is 2.50. The van der Waals surface area contributed by atoms with E-state index in [0.29, 0.717) is 19.4 Å². The van der Waals surface area contributed by atoms with E-state index in [1.54, 1.807) is 7.11 Å². The second kappa shape index (κ2) is 11.7. The quantitative estimate of drug-likeness (QED) is 0.476. The van der Waals surface area contributed by atoms with Crippen LogP contribution in [0.4, 0.5) is 13.2 Å². The van der Waals surface area contributed by atoms with Gasteiger partial charge < -0.3 is 25.4 Å². The summed E-state index contributed by atoms with van der Waals surface area (Å²) >= 11 is 0. The lowest BCUT2D eigenvalue weighted by Gasteiger charge is -2.48. The number of carboxylic acids is 1. The van der Waals surface area contributed by atoms with Crippen molar-refractivity contribution in [1.82, 2.24) is 9.80 Å². The van der Waals surface area contributed by atoms with E-state index in [2.05, 4.69) is 19.0 Å². The van der Waals surface area contributed by atoms with Crippen LogP contribution in [-0.4, -0.2) is 85.3 Å². The van der Waals surface area contributed by atoms with Crippen LogP contribution in [0, 0.1) is 10.8 Å². The molecular weight excluding hydrogens is 455 g/mol. The molecule has 2 fully saturated rings. The third kappa shape index (κ3) is 8.11. The molecule has 0 aromatic heterocycles. The molecule has 8 nitrogen and oxygen atoms in total. The fourth-order valence-corrected chi connectivity index (χ4v) is 4.77. The van der Waals surface area contributed by atoms with Crippen molar-refractivity contribution in [1.29, 1.82) is 0 Å². The molecule has 11 heteroatoms. The minimum Gasteiger partial charge on any atom is -0.475 e.